The number of halogens is 1. The molecule has 1 atom stereocenters. The molecule has 0 aliphatic carbocycles. The average Bonchev–Trinajstić information content (AvgIpc) is 2.49. The summed E-state index contributed by atoms with van der Waals surface area (Å²) in [5.41, 5.74) is 3.48. The van der Waals surface area contributed by atoms with Gasteiger partial charge in [-0.25, -0.2) is 9.78 Å². The van der Waals surface area contributed by atoms with E-state index in [4.69, 9.17) is 11.6 Å². The third kappa shape index (κ3) is 4.66. The summed E-state index contributed by atoms with van der Waals surface area (Å²) >= 11 is 5.83. The van der Waals surface area contributed by atoms with Crippen LogP contribution in [0.2, 0.25) is 5.15 Å². The number of rotatable bonds is 4. The average molecular weight is 333 g/mol. The van der Waals surface area contributed by atoms with Crippen LogP contribution in [-0.4, -0.2) is 34.0 Å². The Balaban J connectivity index is 2.01. The zero-order chi connectivity index (χ0) is 17.0. The lowest BCUT2D eigenvalue weighted by atomic mass is 10.1. The minimum absolute atomic E-state index is 0.0184. The van der Waals surface area contributed by atoms with Gasteiger partial charge < -0.3 is 10.2 Å². The van der Waals surface area contributed by atoms with Gasteiger partial charge in [-0.05, 0) is 50.6 Å². The van der Waals surface area contributed by atoms with E-state index in [-0.39, 0.29) is 12.1 Å². The van der Waals surface area contributed by atoms with Crippen molar-refractivity contribution >= 4 is 23.3 Å². The molecule has 0 fully saturated rings. The second-order valence-corrected chi connectivity index (χ2v) is 6.07. The lowest BCUT2D eigenvalue weighted by Crippen LogP contribution is -2.39. The molecule has 2 amide bonds. The van der Waals surface area contributed by atoms with E-state index < -0.39 is 0 Å². The predicted octanol–water partition coefficient (Wildman–Crippen LogP) is 3.84. The topological polar surface area (TPSA) is 58.1 Å². The zero-order valence-corrected chi connectivity index (χ0v) is 14.6. The molecule has 2 rings (SSSR count). The van der Waals surface area contributed by atoms with Crippen LogP contribution in [0.4, 0.5) is 10.5 Å². The number of anilines is 1. The molecular weight excluding hydrogens is 312 g/mol. The van der Waals surface area contributed by atoms with Gasteiger partial charge in [-0.1, -0.05) is 11.6 Å². The maximum atomic E-state index is 12.4. The largest absolute Gasteiger partial charge is 0.324 e. The molecule has 0 spiro atoms. The molecule has 0 saturated heterocycles. The highest BCUT2D eigenvalue weighted by Crippen LogP contribution is 2.17. The van der Waals surface area contributed by atoms with Gasteiger partial charge in [0.15, 0.2) is 0 Å². The number of nitrogens with zero attached hydrogens (tertiary/aromatic N) is 3. The van der Waals surface area contributed by atoms with Crippen molar-refractivity contribution in [2.75, 3.05) is 12.4 Å². The number of likely N-dealkylation sites (N-methyl/N-ethyl adjacent to an activating group) is 1. The number of amides is 2. The van der Waals surface area contributed by atoms with Crippen LogP contribution in [0, 0.1) is 13.8 Å². The van der Waals surface area contributed by atoms with Crippen LogP contribution in [0.5, 0.6) is 0 Å². The number of carbonyl (C=O) groups excluding carboxylic acids is 1. The van der Waals surface area contributed by atoms with Crippen molar-refractivity contribution in [1.82, 2.24) is 14.9 Å². The van der Waals surface area contributed by atoms with Crippen LogP contribution in [0.15, 0.2) is 30.5 Å². The van der Waals surface area contributed by atoms with Gasteiger partial charge in [-0.2, -0.15) is 0 Å². The molecule has 6 heteroatoms. The Morgan fingerprint density at radius 3 is 2.74 bits per heavy atom. The fourth-order valence-electron chi connectivity index (χ4n) is 2.22. The number of aryl methyl sites for hydroxylation is 2. The van der Waals surface area contributed by atoms with Crippen molar-refractivity contribution in [3.05, 3.63) is 52.6 Å². The number of nitrogens with one attached hydrogen (secondary N) is 1. The zero-order valence-electron chi connectivity index (χ0n) is 13.8. The minimum Gasteiger partial charge on any atom is -0.324 e. The quantitative estimate of drug-likeness (QED) is 0.865. The summed E-state index contributed by atoms with van der Waals surface area (Å²) in [6, 6.07) is 7.24. The van der Waals surface area contributed by atoms with Gasteiger partial charge >= 0.3 is 6.03 Å². The maximum absolute atomic E-state index is 12.4. The Hall–Kier alpha value is -2.14. The Bertz CT molecular complexity index is 705. The van der Waals surface area contributed by atoms with Crippen LogP contribution in [0.25, 0.3) is 0 Å². The van der Waals surface area contributed by atoms with Gasteiger partial charge in [0.2, 0.25) is 0 Å². The number of hydrogen-bond acceptors (Lipinski definition) is 3. The number of hydrogen-bond donors (Lipinski definition) is 1. The first kappa shape index (κ1) is 17.2. The first-order valence-electron chi connectivity index (χ1n) is 7.45. The van der Waals surface area contributed by atoms with Gasteiger partial charge in [0.05, 0.1) is 11.4 Å². The molecule has 0 saturated carbocycles. The minimum atomic E-state index is -0.183. The van der Waals surface area contributed by atoms with Gasteiger partial charge in [0.25, 0.3) is 0 Å². The SMILES string of the molecule is Cc1ccnc(C[C@@H](C)N(C)C(=O)Nc2ccc(Cl)nc2C)c1. The van der Waals surface area contributed by atoms with Gasteiger partial charge in [-0.15, -0.1) is 0 Å². The van der Waals surface area contributed by atoms with E-state index in [1.54, 1.807) is 30.3 Å². The third-order valence-electron chi connectivity index (χ3n) is 3.75. The number of urea groups is 1. The van der Waals surface area contributed by atoms with Crippen LogP contribution < -0.4 is 5.32 Å². The highest BCUT2D eigenvalue weighted by Gasteiger charge is 2.17. The Morgan fingerprint density at radius 2 is 2.09 bits per heavy atom. The van der Waals surface area contributed by atoms with Crippen molar-refractivity contribution in [3.63, 3.8) is 0 Å². The summed E-state index contributed by atoms with van der Waals surface area (Å²) in [5.74, 6) is 0. The normalized spacial score (nSPS) is 11.9. The maximum Gasteiger partial charge on any atom is 0.321 e. The van der Waals surface area contributed by atoms with Crippen molar-refractivity contribution < 1.29 is 4.79 Å². The lowest BCUT2D eigenvalue weighted by Gasteiger charge is -2.25. The van der Waals surface area contributed by atoms with Crippen LogP contribution >= 0.6 is 11.6 Å². The highest BCUT2D eigenvalue weighted by molar-refractivity contribution is 6.29. The second kappa shape index (κ2) is 7.42. The van der Waals surface area contributed by atoms with E-state index in [1.807, 2.05) is 32.9 Å². The van der Waals surface area contributed by atoms with E-state index >= 15 is 0 Å². The number of carbonyl (C=O) groups is 1. The van der Waals surface area contributed by atoms with Gasteiger partial charge in [0.1, 0.15) is 5.15 Å². The monoisotopic (exact) mass is 332 g/mol. The molecule has 0 bridgehead atoms. The Labute approximate surface area is 141 Å². The third-order valence-corrected chi connectivity index (χ3v) is 3.96. The Kier molecular flexibility index (Phi) is 5.55. The Morgan fingerprint density at radius 1 is 1.35 bits per heavy atom. The van der Waals surface area contributed by atoms with E-state index in [0.29, 0.717) is 23.0 Å². The summed E-state index contributed by atoms with van der Waals surface area (Å²) in [6.45, 7) is 5.83. The molecule has 1 N–H and O–H groups in total. The van der Waals surface area contributed by atoms with Gasteiger partial charge in [-0.3, -0.25) is 4.98 Å². The molecule has 122 valence electrons. The van der Waals surface area contributed by atoms with Crippen LogP contribution in [0.1, 0.15) is 23.9 Å². The first-order chi connectivity index (χ1) is 10.9. The number of pyridine rings is 2. The molecule has 0 aromatic carbocycles. The molecule has 2 heterocycles. The molecule has 0 aliphatic rings. The molecule has 2 aromatic heterocycles. The van der Waals surface area contributed by atoms with E-state index in [1.165, 1.54) is 0 Å². The highest BCUT2D eigenvalue weighted by atomic mass is 35.5. The van der Waals surface area contributed by atoms with Crippen LogP contribution in [-0.2, 0) is 6.42 Å². The smallest absolute Gasteiger partial charge is 0.321 e. The van der Waals surface area contributed by atoms with E-state index in [0.717, 1.165) is 11.3 Å². The van der Waals surface area contributed by atoms with Crippen molar-refractivity contribution in [2.24, 2.45) is 0 Å². The van der Waals surface area contributed by atoms with E-state index in [2.05, 4.69) is 15.3 Å². The number of aromatic nitrogens is 2. The molecule has 23 heavy (non-hydrogen) atoms. The van der Waals surface area contributed by atoms with E-state index in [9.17, 15) is 4.79 Å². The lowest BCUT2D eigenvalue weighted by molar-refractivity contribution is 0.207. The molecule has 0 aliphatic heterocycles. The van der Waals surface area contributed by atoms with Crippen molar-refractivity contribution in [2.45, 2.75) is 33.2 Å². The molecule has 0 radical (unpaired) electrons. The van der Waals surface area contributed by atoms with Crippen molar-refractivity contribution in [3.8, 4) is 0 Å². The standard InChI is InChI=1S/C17H21ClN4O/c1-11-7-8-19-14(9-11)10-12(2)22(4)17(23)21-15-5-6-16(18)20-13(15)3/h5-9,12H,10H2,1-4H3,(H,21,23)/t12-/m1/s1. The summed E-state index contributed by atoms with van der Waals surface area (Å²) in [4.78, 5) is 22.5. The summed E-state index contributed by atoms with van der Waals surface area (Å²) in [5, 5.41) is 3.27. The summed E-state index contributed by atoms with van der Waals surface area (Å²) < 4.78 is 0. The van der Waals surface area contributed by atoms with Gasteiger partial charge in [0, 0.05) is 31.4 Å². The summed E-state index contributed by atoms with van der Waals surface area (Å²) in [6.07, 6.45) is 2.49. The molecule has 5 nitrogen and oxygen atoms in total. The fourth-order valence-corrected chi connectivity index (χ4v) is 2.41. The van der Waals surface area contributed by atoms with Crippen molar-refractivity contribution in [1.29, 1.82) is 0 Å². The fraction of sp³-hybridized carbons (Fsp3) is 0.353. The molecular formula is C17H21ClN4O. The molecule has 0 unspecified atom stereocenters. The predicted molar refractivity (Wildman–Crippen MR) is 92.9 cm³/mol. The second-order valence-electron chi connectivity index (χ2n) is 5.69. The van der Waals surface area contributed by atoms with Crippen LogP contribution in [0.3, 0.4) is 0 Å². The molecule has 2 aromatic rings. The summed E-state index contributed by atoms with van der Waals surface area (Å²) in [7, 11) is 1.77. The first-order valence-corrected chi connectivity index (χ1v) is 7.83.